The quantitative estimate of drug-likeness (QED) is 0.165. The number of hydrogen-bond donors (Lipinski definition) is 0. The normalized spacial score (nSPS) is 13.0. The minimum atomic E-state index is -0.00470. The maximum Gasteiger partial charge on any atom is 0.143 e. The Morgan fingerprint density at radius 1 is 0.328 bits per heavy atom. The van der Waals surface area contributed by atoms with Crippen molar-refractivity contribution in [2.45, 2.75) is 52.4 Å². The van der Waals surface area contributed by atoms with Crippen LogP contribution in [0.25, 0.3) is 120 Å². The van der Waals surface area contributed by atoms with Crippen molar-refractivity contribution in [2.75, 3.05) is 0 Å². The van der Waals surface area contributed by atoms with E-state index < -0.39 is 0 Å². The van der Waals surface area contributed by atoms with Crippen LogP contribution in [0.15, 0.2) is 154 Å². The lowest BCUT2D eigenvalue weighted by Crippen LogP contribution is -2.10. The van der Waals surface area contributed by atoms with E-state index in [0.29, 0.717) is 0 Å². The van der Waals surface area contributed by atoms with Gasteiger partial charge in [-0.25, -0.2) is 0 Å². The number of furan rings is 2. The van der Waals surface area contributed by atoms with Crippen molar-refractivity contribution < 1.29 is 8.83 Å². The van der Waals surface area contributed by atoms with Gasteiger partial charge in [-0.1, -0.05) is 139 Å². The van der Waals surface area contributed by atoms with Crippen LogP contribution in [0.1, 0.15) is 52.7 Å². The van der Waals surface area contributed by atoms with Crippen LogP contribution in [0.4, 0.5) is 0 Å². The molecule has 2 nitrogen and oxygen atoms in total. The van der Waals surface area contributed by atoms with E-state index in [1.165, 1.54) is 76.5 Å². The van der Waals surface area contributed by atoms with Gasteiger partial charge < -0.3 is 8.83 Å². The fraction of sp³-hybridized carbons (Fsp3) is 0.143. The van der Waals surface area contributed by atoms with Gasteiger partial charge in [0.2, 0.25) is 0 Å². The molecule has 0 amide bonds. The first-order chi connectivity index (χ1) is 28.0. The Bertz CT molecular complexity index is 3440. The zero-order chi connectivity index (χ0) is 39.2. The smallest absolute Gasteiger partial charge is 0.143 e. The minimum absolute atomic E-state index is 0.00470. The van der Waals surface area contributed by atoms with Gasteiger partial charge in [0.05, 0.1) is 0 Å². The molecule has 0 radical (unpaired) electrons. The molecule has 2 heteroatoms. The molecule has 0 bridgehead atoms. The van der Waals surface area contributed by atoms with Crippen LogP contribution in [0.3, 0.4) is 0 Å². The third kappa shape index (κ3) is 4.78. The number of hydrogen-bond acceptors (Lipinski definition) is 2. The Morgan fingerprint density at radius 3 is 1.16 bits per heavy atom. The Morgan fingerprint density at radius 2 is 0.741 bits per heavy atom. The lowest BCUT2D eigenvalue weighted by atomic mass is 9.83. The molecule has 2 heterocycles. The molecule has 58 heavy (non-hydrogen) atoms. The van der Waals surface area contributed by atoms with Crippen molar-refractivity contribution in [3.63, 3.8) is 0 Å². The molecule has 0 N–H and O–H groups in total. The van der Waals surface area contributed by atoms with Crippen molar-refractivity contribution >= 4 is 97.7 Å². The van der Waals surface area contributed by atoms with E-state index in [-0.39, 0.29) is 10.8 Å². The molecular weight excluding hydrogens is 705 g/mol. The van der Waals surface area contributed by atoms with E-state index in [1.807, 2.05) is 0 Å². The summed E-state index contributed by atoms with van der Waals surface area (Å²) in [7, 11) is 0. The van der Waals surface area contributed by atoms with Crippen LogP contribution < -0.4 is 0 Å². The van der Waals surface area contributed by atoms with E-state index in [2.05, 4.69) is 187 Å². The molecule has 12 rings (SSSR count). The zero-order valence-corrected chi connectivity index (χ0v) is 33.7. The van der Waals surface area contributed by atoms with Crippen molar-refractivity contribution in [1.82, 2.24) is 0 Å². The summed E-state index contributed by atoms with van der Waals surface area (Å²) in [5.74, 6) is 0. The van der Waals surface area contributed by atoms with Gasteiger partial charge in [0.25, 0.3) is 0 Å². The molecule has 0 saturated heterocycles. The molecule has 0 aliphatic heterocycles. The van der Waals surface area contributed by atoms with E-state index >= 15 is 0 Å². The highest BCUT2D eigenvalue weighted by molar-refractivity contribution is 6.38. The summed E-state index contributed by atoms with van der Waals surface area (Å²) in [5.41, 5.74) is 10.9. The molecule has 12 aromatic rings. The lowest BCUT2D eigenvalue weighted by molar-refractivity contribution is 0.587. The monoisotopic (exact) mass is 746 g/mol. The second kappa shape index (κ2) is 11.5. The fourth-order valence-corrected chi connectivity index (χ4v) is 9.68. The van der Waals surface area contributed by atoms with E-state index in [9.17, 15) is 0 Å². The van der Waals surface area contributed by atoms with Gasteiger partial charge in [-0.15, -0.1) is 0 Å². The second-order valence-corrected chi connectivity index (χ2v) is 18.5. The Kier molecular flexibility index (Phi) is 6.63. The topological polar surface area (TPSA) is 26.3 Å². The third-order valence-electron chi connectivity index (χ3n) is 12.9. The first kappa shape index (κ1) is 33.5. The summed E-state index contributed by atoms with van der Waals surface area (Å²) in [5, 5.41) is 16.5. The Balaban J connectivity index is 1.30. The Labute approximate surface area is 336 Å². The van der Waals surface area contributed by atoms with Gasteiger partial charge in [-0.2, -0.15) is 0 Å². The van der Waals surface area contributed by atoms with E-state index in [4.69, 9.17) is 8.83 Å². The third-order valence-corrected chi connectivity index (χ3v) is 12.9. The maximum atomic E-state index is 7.07. The largest absolute Gasteiger partial charge is 0.455 e. The highest BCUT2D eigenvalue weighted by Gasteiger charge is 2.26. The van der Waals surface area contributed by atoms with Crippen LogP contribution in [-0.2, 0) is 10.8 Å². The van der Waals surface area contributed by atoms with Crippen molar-refractivity contribution in [1.29, 1.82) is 0 Å². The number of rotatable bonds is 2. The Hall–Kier alpha value is -6.64. The fourth-order valence-electron chi connectivity index (χ4n) is 9.68. The van der Waals surface area contributed by atoms with Gasteiger partial charge in [-0.3, -0.25) is 0 Å². The zero-order valence-electron chi connectivity index (χ0n) is 33.7. The van der Waals surface area contributed by atoms with E-state index in [1.54, 1.807) is 0 Å². The molecule has 278 valence electrons. The summed E-state index contributed by atoms with van der Waals surface area (Å²) in [6, 6.07) is 54.3. The summed E-state index contributed by atoms with van der Waals surface area (Å²) < 4.78 is 14.1. The summed E-state index contributed by atoms with van der Waals surface area (Å²) in [4.78, 5) is 0. The van der Waals surface area contributed by atoms with Crippen LogP contribution in [-0.4, -0.2) is 0 Å². The first-order valence-corrected chi connectivity index (χ1v) is 20.5. The average molecular weight is 747 g/mol. The van der Waals surface area contributed by atoms with Crippen molar-refractivity contribution in [3.8, 4) is 22.3 Å². The predicted molar refractivity (Wildman–Crippen MR) is 248 cm³/mol. The molecule has 10 aromatic carbocycles. The molecular formula is C56H42O2. The molecule has 0 spiro atoms. The van der Waals surface area contributed by atoms with Crippen LogP contribution in [0, 0.1) is 0 Å². The van der Waals surface area contributed by atoms with Crippen molar-refractivity contribution in [2.24, 2.45) is 0 Å². The SMILES string of the molecule is CC(C)(C)c1ccc2c(c1)oc1c2cc2c(-c3ccc4ccccc4c3)cc3c4oc5cc(C(C)(C)C)ccc5c4cc4c(-c5ccc6ccccc6c5)cc1c2c43. The molecule has 0 saturated carbocycles. The second-order valence-electron chi connectivity index (χ2n) is 18.5. The van der Waals surface area contributed by atoms with Crippen LogP contribution >= 0.6 is 0 Å². The molecule has 0 unspecified atom stereocenters. The minimum Gasteiger partial charge on any atom is -0.455 e. The van der Waals surface area contributed by atoms with Gasteiger partial charge in [-0.05, 0) is 125 Å². The molecule has 0 atom stereocenters. The average Bonchev–Trinajstić information content (AvgIpc) is 3.79. The predicted octanol–water partition coefficient (Wildman–Crippen LogP) is 16.6. The summed E-state index contributed by atoms with van der Waals surface area (Å²) in [6.07, 6.45) is 0. The molecule has 0 aliphatic carbocycles. The highest BCUT2D eigenvalue weighted by Crippen LogP contribution is 2.51. The van der Waals surface area contributed by atoms with E-state index in [0.717, 1.165) is 54.6 Å². The van der Waals surface area contributed by atoms with Crippen LogP contribution in [0.2, 0.25) is 0 Å². The van der Waals surface area contributed by atoms with Gasteiger partial charge in [0.1, 0.15) is 22.3 Å². The molecule has 0 fully saturated rings. The summed E-state index contributed by atoms with van der Waals surface area (Å²) in [6.45, 7) is 13.6. The number of fused-ring (bicyclic) bond motifs is 10. The maximum absolute atomic E-state index is 7.07. The van der Waals surface area contributed by atoms with Crippen molar-refractivity contribution in [3.05, 3.63) is 157 Å². The van der Waals surface area contributed by atoms with Gasteiger partial charge in [0, 0.05) is 43.1 Å². The van der Waals surface area contributed by atoms with Gasteiger partial charge in [0.15, 0.2) is 0 Å². The van der Waals surface area contributed by atoms with Crippen LogP contribution in [0.5, 0.6) is 0 Å². The lowest BCUT2D eigenvalue weighted by Gasteiger charge is -2.19. The first-order valence-electron chi connectivity index (χ1n) is 20.5. The number of benzene rings is 10. The molecule has 2 aromatic heterocycles. The summed E-state index contributed by atoms with van der Waals surface area (Å²) >= 11 is 0. The molecule has 0 aliphatic rings. The highest BCUT2D eigenvalue weighted by atomic mass is 16.3. The van der Waals surface area contributed by atoms with Gasteiger partial charge >= 0.3 is 0 Å². The standard InChI is InChI=1S/C56H42O2/c1-55(2,3)37-19-21-39-45-29-43-42(36-18-16-32-12-8-10-14-34(32)24-36)28-48-52-44(30-46-40-22-20-38(56(4,5)6)26-50(40)58-54(46)48)41(27-47(51(43)52)53(45)57-49(39)25-37)35-17-15-31-11-7-9-13-33(31)23-35/h7-30H,1-6H3.